The zero-order valence-corrected chi connectivity index (χ0v) is 35.1. The Labute approximate surface area is 373 Å². The highest BCUT2D eigenvalue weighted by molar-refractivity contribution is 6.10. The van der Waals surface area contributed by atoms with Gasteiger partial charge in [0.1, 0.15) is 0 Å². The van der Waals surface area contributed by atoms with E-state index in [9.17, 15) is 0 Å². The molecule has 0 heterocycles. The summed E-state index contributed by atoms with van der Waals surface area (Å²) in [5.41, 5.74) is 20.9. The molecule has 0 unspecified atom stereocenters. The van der Waals surface area contributed by atoms with Crippen LogP contribution in [-0.4, -0.2) is 0 Å². The van der Waals surface area contributed by atoms with Crippen molar-refractivity contribution in [1.29, 1.82) is 0 Å². The monoisotopic (exact) mass is 811 g/mol. The maximum atomic E-state index is 2.47. The predicted octanol–water partition coefficient (Wildman–Crippen LogP) is 16.8. The smallest absolute Gasteiger partial charge is 0.0731 e. The van der Waals surface area contributed by atoms with Crippen LogP contribution in [0.5, 0.6) is 0 Å². The lowest BCUT2D eigenvalue weighted by molar-refractivity contribution is 0.796. The third kappa shape index (κ3) is 5.31. The Morgan fingerprint density at radius 1 is 0.250 bits per heavy atom. The van der Waals surface area contributed by atoms with Gasteiger partial charge in [-0.1, -0.05) is 224 Å². The molecule has 0 aliphatic heterocycles. The molecule has 2 aliphatic carbocycles. The molecule has 64 heavy (non-hydrogen) atoms. The van der Waals surface area contributed by atoms with Crippen molar-refractivity contribution in [3.8, 4) is 55.6 Å². The Kier molecular flexibility index (Phi) is 8.20. The highest BCUT2D eigenvalue weighted by Crippen LogP contribution is 2.64. The van der Waals surface area contributed by atoms with E-state index in [1.807, 2.05) is 0 Å². The number of hydrogen-bond donors (Lipinski definition) is 0. The molecule has 0 bridgehead atoms. The van der Waals surface area contributed by atoms with Gasteiger partial charge in [-0.25, -0.2) is 0 Å². The second-order valence-electron chi connectivity index (χ2n) is 17.1. The van der Waals surface area contributed by atoms with Crippen molar-refractivity contribution >= 4 is 38.6 Å². The second kappa shape index (κ2) is 14.4. The standard InChI is InChI=1S/C63H41N/c1-2-16-42(17-3-1)43-34-36-44(37-35-43)45-38-40-47(41-39-45)64(60-32-12-19-46-18-4-5-20-48(46)60)61-33-15-25-49-50(24-13-26-54(49)61)55-27-14-28-56-53-23-8-11-31-59(53)63(62(55)56)57-29-9-6-21-51(57)52-22-7-10-30-58(52)63/h1-41H. The number of nitrogens with zero attached hydrogens (tertiary/aromatic N) is 1. The van der Waals surface area contributed by atoms with Crippen molar-refractivity contribution in [2.24, 2.45) is 0 Å². The van der Waals surface area contributed by atoms with E-state index < -0.39 is 5.41 Å². The summed E-state index contributed by atoms with van der Waals surface area (Å²) in [5, 5.41) is 4.84. The van der Waals surface area contributed by atoms with Crippen LogP contribution < -0.4 is 4.90 Å². The molecule has 0 atom stereocenters. The Morgan fingerprint density at radius 3 is 1.30 bits per heavy atom. The Morgan fingerprint density at radius 2 is 0.641 bits per heavy atom. The van der Waals surface area contributed by atoms with Crippen LogP contribution in [-0.2, 0) is 5.41 Å². The van der Waals surface area contributed by atoms with Crippen molar-refractivity contribution < 1.29 is 0 Å². The third-order valence-corrected chi connectivity index (χ3v) is 13.9. The van der Waals surface area contributed by atoms with Crippen molar-refractivity contribution in [3.63, 3.8) is 0 Å². The van der Waals surface area contributed by atoms with Crippen LogP contribution in [0.2, 0.25) is 0 Å². The average Bonchev–Trinajstić information content (AvgIpc) is 3.85. The highest BCUT2D eigenvalue weighted by Gasteiger charge is 2.52. The van der Waals surface area contributed by atoms with E-state index in [2.05, 4.69) is 254 Å². The summed E-state index contributed by atoms with van der Waals surface area (Å²) in [5.74, 6) is 0. The molecule has 11 aromatic rings. The Hall–Kier alpha value is -8.26. The van der Waals surface area contributed by atoms with Gasteiger partial charge in [0.2, 0.25) is 0 Å². The fourth-order valence-electron chi connectivity index (χ4n) is 11.2. The average molecular weight is 812 g/mol. The molecule has 0 amide bonds. The van der Waals surface area contributed by atoms with Crippen molar-refractivity contribution in [1.82, 2.24) is 0 Å². The molecule has 0 radical (unpaired) electrons. The van der Waals surface area contributed by atoms with Gasteiger partial charge in [-0.2, -0.15) is 0 Å². The fourth-order valence-corrected chi connectivity index (χ4v) is 11.2. The molecule has 0 saturated heterocycles. The van der Waals surface area contributed by atoms with E-state index in [-0.39, 0.29) is 0 Å². The van der Waals surface area contributed by atoms with Crippen molar-refractivity contribution in [2.75, 3.05) is 4.90 Å². The van der Waals surface area contributed by atoms with E-state index in [1.54, 1.807) is 0 Å². The summed E-state index contributed by atoms with van der Waals surface area (Å²) in [6, 6.07) is 92.0. The summed E-state index contributed by atoms with van der Waals surface area (Å²) in [6.07, 6.45) is 0. The first-order valence-electron chi connectivity index (χ1n) is 22.3. The minimum absolute atomic E-state index is 0.450. The molecule has 0 fully saturated rings. The molecule has 1 spiro atoms. The van der Waals surface area contributed by atoms with Crippen LogP contribution in [0, 0.1) is 0 Å². The van der Waals surface area contributed by atoms with Crippen LogP contribution in [0.4, 0.5) is 17.1 Å². The number of benzene rings is 11. The minimum atomic E-state index is -0.450. The largest absolute Gasteiger partial charge is 0.309 e. The van der Waals surface area contributed by atoms with Gasteiger partial charge in [-0.05, 0) is 113 Å². The van der Waals surface area contributed by atoms with Gasteiger partial charge in [-0.3, -0.25) is 0 Å². The lowest BCUT2D eigenvalue weighted by atomic mass is 9.68. The zero-order valence-electron chi connectivity index (χ0n) is 35.1. The van der Waals surface area contributed by atoms with E-state index in [0.29, 0.717) is 0 Å². The van der Waals surface area contributed by atoms with Gasteiger partial charge in [0, 0.05) is 16.5 Å². The summed E-state index contributed by atoms with van der Waals surface area (Å²) in [7, 11) is 0. The number of fused-ring (bicyclic) bond motifs is 12. The molecule has 13 rings (SSSR count). The molecule has 1 heteroatoms. The van der Waals surface area contributed by atoms with Crippen LogP contribution in [0.1, 0.15) is 22.3 Å². The van der Waals surface area contributed by atoms with Crippen LogP contribution in [0.3, 0.4) is 0 Å². The van der Waals surface area contributed by atoms with E-state index in [1.165, 1.54) is 99.4 Å². The maximum Gasteiger partial charge on any atom is 0.0731 e. The SMILES string of the molecule is c1ccc(-c2ccc(-c3ccc(N(c4cccc5ccccc45)c4cccc5c(-c6cccc7c6C6(c8ccccc8-c8ccccc86)c6ccccc6-7)cccc45)cc3)cc2)cc1. The van der Waals surface area contributed by atoms with Crippen LogP contribution in [0.25, 0.3) is 77.2 Å². The normalized spacial score (nSPS) is 12.8. The number of anilines is 3. The molecular weight excluding hydrogens is 771 g/mol. The first-order chi connectivity index (χ1) is 31.8. The summed E-state index contributed by atoms with van der Waals surface area (Å²) >= 11 is 0. The molecule has 2 aliphatic rings. The van der Waals surface area contributed by atoms with Gasteiger partial charge < -0.3 is 4.90 Å². The lowest BCUT2D eigenvalue weighted by Crippen LogP contribution is -2.26. The summed E-state index contributed by atoms with van der Waals surface area (Å²) in [4.78, 5) is 2.47. The Balaban J connectivity index is 1.00. The topological polar surface area (TPSA) is 3.24 Å². The molecule has 11 aromatic carbocycles. The Bertz CT molecular complexity index is 3530. The minimum Gasteiger partial charge on any atom is -0.309 e. The van der Waals surface area contributed by atoms with Crippen LogP contribution in [0.15, 0.2) is 249 Å². The molecule has 298 valence electrons. The van der Waals surface area contributed by atoms with Gasteiger partial charge in [0.25, 0.3) is 0 Å². The van der Waals surface area contributed by atoms with E-state index >= 15 is 0 Å². The second-order valence-corrected chi connectivity index (χ2v) is 17.1. The predicted molar refractivity (Wildman–Crippen MR) is 269 cm³/mol. The molecule has 1 nitrogen and oxygen atoms in total. The lowest BCUT2D eigenvalue weighted by Gasteiger charge is -2.32. The summed E-state index contributed by atoms with van der Waals surface area (Å²) < 4.78 is 0. The first-order valence-corrected chi connectivity index (χ1v) is 22.3. The fraction of sp³-hybridized carbons (Fsp3) is 0.0159. The first kappa shape index (κ1) is 36.4. The molecule has 0 N–H and O–H groups in total. The quantitative estimate of drug-likeness (QED) is 0.162. The number of hydrogen-bond acceptors (Lipinski definition) is 1. The van der Waals surface area contributed by atoms with E-state index in [4.69, 9.17) is 0 Å². The molecule has 0 saturated carbocycles. The van der Waals surface area contributed by atoms with Gasteiger partial charge in [0.15, 0.2) is 0 Å². The van der Waals surface area contributed by atoms with Crippen LogP contribution >= 0.6 is 0 Å². The van der Waals surface area contributed by atoms with Crippen molar-refractivity contribution in [2.45, 2.75) is 5.41 Å². The summed E-state index contributed by atoms with van der Waals surface area (Å²) in [6.45, 7) is 0. The highest BCUT2D eigenvalue weighted by atomic mass is 15.1. The van der Waals surface area contributed by atoms with Crippen molar-refractivity contribution in [3.05, 3.63) is 271 Å². The molecular formula is C63H41N. The van der Waals surface area contributed by atoms with Gasteiger partial charge >= 0.3 is 0 Å². The van der Waals surface area contributed by atoms with Gasteiger partial charge in [-0.15, -0.1) is 0 Å². The molecule has 0 aromatic heterocycles. The maximum absolute atomic E-state index is 2.47. The van der Waals surface area contributed by atoms with Gasteiger partial charge in [0.05, 0.1) is 16.8 Å². The zero-order chi connectivity index (χ0) is 42.2. The number of rotatable bonds is 6. The third-order valence-electron chi connectivity index (χ3n) is 13.9. The van der Waals surface area contributed by atoms with E-state index in [0.717, 1.165) is 17.1 Å².